The van der Waals surface area contributed by atoms with Crippen LogP contribution in [0.4, 0.5) is 0 Å². The van der Waals surface area contributed by atoms with Gasteiger partial charge in [0.25, 0.3) is 0 Å². The summed E-state index contributed by atoms with van der Waals surface area (Å²) in [4.78, 5) is 22.7. The van der Waals surface area contributed by atoms with Crippen molar-refractivity contribution in [3.63, 3.8) is 0 Å². The molecule has 0 bridgehead atoms. The quantitative estimate of drug-likeness (QED) is 0.525. The summed E-state index contributed by atoms with van der Waals surface area (Å²) in [6.07, 6.45) is 2.31. The fourth-order valence-corrected chi connectivity index (χ4v) is 1.13. The van der Waals surface area contributed by atoms with E-state index in [1.807, 2.05) is 27.7 Å². The predicted octanol–water partition coefficient (Wildman–Crippen LogP) is 2.13. The van der Waals surface area contributed by atoms with Crippen LogP contribution < -0.4 is 5.32 Å². The van der Waals surface area contributed by atoms with Crippen LogP contribution >= 0.6 is 0 Å². The molecule has 2 unspecified atom stereocenters. The third-order valence-electron chi connectivity index (χ3n) is 2.94. The van der Waals surface area contributed by atoms with Gasteiger partial charge < -0.3 is 10.1 Å². The molecule has 17 heavy (non-hydrogen) atoms. The average molecular weight is 243 g/mol. The zero-order valence-electron chi connectivity index (χ0n) is 11.4. The average Bonchev–Trinajstić information content (AvgIpc) is 2.35. The molecule has 2 atom stereocenters. The zero-order valence-corrected chi connectivity index (χ0v) is 11.4. The second-order valence-corrected chi connectivity index (χ2v) is 4.43. The van der Waals surface area contributed by atoms with Crippen LogP contribution in [0.3, 0.4) is 0 Å². The summed E-state index contributed by atoms with van der Waals surface area (Å²) in [5.74, 6) is -0.0659. The predicted molar refractivity (Wildman–Crippen MR) is 67.5 cm³/mol. The number of esters is 1. The lowest BCUT2D eigenvalue weighted by atomic mass is 10.1. The van der Waals surface area contributed by atoms with Gasteiger partial charge in [-0.2, -0.15) is 0 Å². The van der Waals surface area contributed by atoms with E-state index < -0.39 is 0 Å². The van der Waals surface area contributed by atoms with E-state index in [-0.39, 0.29) is 23.7 Å². The van der Waals surface area contributed by atoms with Crippen LogP contribution in [0.5, 0.6) is 0 Å². The van der Waals surface area contributed by atoms with Crippen molar-refractivity contribution in [2.75, 3.05) is 13.2 Å². The maximum Gasteiger partial charge on any atom is 0.308 e. The Kier molecular flexibility index (Phi) is 8.46. The third kappa shape index (κ3) is 6.97. The Labute approximate surface area is 104 Å². The van der Waals surface area contributed by atoms with E-state index >= 15 is 0 Å². The Morgan fingerprint density at radius 2 is 1.71 bits per heavy atom. The summed E-state index contributed by atoms with van der Waals surface area (Å²) >= 11 is 0. The van der Waals surface area contributed by atoms with E-state index in [0.29, 0.717) is 19.6 Å². The lowest BCUT2D eigenvalue weighted by molar-refractivity contribution is -0.148. The lowest BCUT2D eigenvalue weighted by Gasteiger charge is -2.11. The van der Waals surface area contributed by atoms with Gasteiger partial charge >= 0.3 is 5.97 Å². The highest BCUT2D eigenvalue weighted by Crippen LogP contribution is 2.03. The Morgan fingerprint density at radius 3 is 2.24 bits per heavy atom. The van der Waals surface area contributed by atoms with Crippen LogP contribution in [0.15, 0.2) is 0 Å². The smallest absolute Gasteiger partial charge is 0.308 e. The molecule has 4 heteroatoms. The standard InChI is InChI=1S/C13H25NO3/c1-5-10(3)12(15)14-8-7-9-17-13(16)11(4)6-2/h10-11H,5-9H2,1-4H3,(H,14,15). The molecular formula is C13H25NO3. The highest BCUT2D eigenvalue weighted by molar-refractivity contribution is 5.78. The molecule has 0 aliphatic rings. The number of hydrogen-bond donors (Lipinski definition) is 1. The molecule has 0 aromatic heterocycles. The molecule has 0 aromatic carbocycles. The number of hydrogen-bond acceptors (Lipinski definition) is 3. The maximum atomic E-state index is 11.4. The molecular weight excluding hydrogens is 218 g/mol. The lowest BCUT2D eigenvalue weighted by Crippen LogP contribution is -2.30. The molecule has 0 radical (unpaired) electrons. The molecule has 100 valence electrons. The van der Waals surface area contributed by atoms with Gasteiger partial charge in [-0.25, -0.2) is 0 Å². The molecule has 0 saturated heterocycles. The molecule has 0 aliphatic carbocycles. The minimum Gasteiger partial charge on any atom is -0.465 e. The molecule has 4 nitrogen and oxygen atoms in total. The number of carbonyl (C=O) groups is 2. The van der Waals surface area contributed by atoms with Gasteiger partial charge in [0.05, 0.1) is 12.5 Å². The van der Waals surface area contributed by atoms with Gasteiger partial charge in [0.15, 0.2) is 0 Å². The SMILES string of the molecule is CCC(C)C(=O)NCCCOC(=O)C(C)CC. The Bertz CT molecular complexity index is 217. The summed E-state index contributed by atoms with van der Waals surface area (Å²) in [5, 5.41) is 2.82. The molecule has 0 aliphatic heterocycles. The topological polar surface area (TPSA) is 55.4 Å². The fraction of sp³-hybridized carbons (Fsp3) is 0.846. The molecule has 0 fully saturated rings. The van der Waals surface area contributed by atoms with Crippen molar-refractivity contribution in [1.82, 2.24) is 5.32 Å². The minimum atomic E-state index is -0.152. The van der Waals surface area contributed by atoms with Crippen LogP contribution in [0.25, 0.3) is 0 Å². The first-order valence-corrected chi connectivity index (χ1v) is 6.47. The van der Waals surface area contributed by atoms with Gasteiger partial charge in [0.2, 0.25) is 5.91 Å². The van der Waals surface area contributed by atoms with Crippen LogP contribution in [0.1, 0.15) is 47.0 Å². The van der Waals surface area contributed by atoms with Crippen LogP contribution in [-0.4, -0.2) is 25.0 Å². The van der Waals surface area contributed by atoms with E-state index in [1.54, 1.807) is 0 Å². The minimum absolute atomic E-state index is 0.0373. The normalized spacial score (nSPS) is 13.9. The van der Waals surface area contributed by atoms with Crippen molar-refractivity contribution < 1.29 is 14.3 Å². The van der Waals surface area contributed by atoms with E-state index in [1.165, 1.54) is 0 Å². The highest BCUT2D eigenvalue weighted by Gasteiger charge is 2.12. The van der Waals surface area contributed by atoms with Crippen molar-refractivity contribution in [3.8, 4) is 0 Å². The van der Waals surface area contributed by atoms with Gasteiger partial charge in [-0.15, -0.1) is 0 Å². The monoisotopic (exact) mass is 243 g/mol. The third-order valence-corrected chi connectivity index (χ3v) is 2.94. The number of amides is 1. The first-order chi connectivity index (χ1) is 8.02. The molecule has 1 N–H and O–H groups in total. The first-order valence-electron chi connectivity index (χ1n) is 6.47. The van der Waals surface area contributed by atoms with Crippen molar-refractivity contribution in [3.05, 3.63) is 0 Å². The van der Waals surface area contributed by atoms with E-state index in [2.05, 4.69) is 5.32 Å². The zero-order chi connectivity index (χ0) is 13.3. The number of ether oxygens (including phenoxy) is 1. The molecule has 0 spiro atoms. The molecule has 1 amide bonds. The molecule has 0 rings (SSSR count). The number of rotatable bonds is 8. The van der Waals surface area contributed by atoms with Crippen molar-refractivity contribution in [1.29, 1.82) is 0 Å². The summed E-state index contributed by atoms with van der Waals surface area (Å²) in [7, 11) is 0. The van der Waals surface area contributed by atoms with Gasteiger partial charge in [-0.05, 0) is 19.3 Å². The van der Waals surface area contributed by atoms with E-state index in [9.17, 15) is 9.59 Å². The van der Waals surface area contributed by atoms with Gasteiger partial charge in [-0.3, -0.25) is 9.59 Å². The van der Waals surface area contributed by atoms with Crippen LogP contribution in [0, 0.1) is 11.8 Å². The fourth-order valence-electron chi connectivity index (χ4n) is 1.13. The summed E-state index contributed by atoms with van der Waals surface area (Å²) in [6, 6.07) is 0. The van der Waals surface area contributed by atoms with E-state index in [4.69, 9.17) is 4.74 Å². The molecule has 0 aromatic rings. The van der Waals surface area contributed by atoms with Crippen LogP contribution in [-0.2, 0) is 14.3 Å². The number of carbonyl (C=O) groups excluding carboxylic acids is 2. The van der Waals surface area contributed by atoms with Crippen LogP contribution in [0.2, 0.25) is 0 Å². The van der Waals surface area contributed by atoms with E-state index in [0.717, 1.165) is 12.8 Å². The van der Waals surface area contributed by atoms with Crippen molar-refractivity contribution in [2.24, 2.45) is 11.8 Å². The Balaban J connectivity index is 3.53. The van der Waals surface area contributed by atoms with Crippen molar-refractivity contribution in [2.45, 2.75) is 47.0 Å². The highest BCUT2D eigenvalue weighted by atomic mass is 16.5. The summed E-state index contributed by atoms with van der Waals surface area (Å²) in [5.41, 5.74) is 0. The van der Waals surface area contributed by atoms with Gasteiger partial charge in [-0.1, -0.05) is 27.7 Å². The van der Waals surface area contributed by atoms with Crippen molar-refractivity contribution >= 4 is 11.9 Å². The summed E-state index contributed by atoms with van der Waals surface area (Å²) in [6.45, 7) is 8.64. The Hall–Kier alpha value is -1.06. The number of nitrogens with one attached hydrogen (secondary N) is 1. The largest absolute Gasteiger partial charge is 0.465 e. The second kappa shape index (κ2) is 9.02. The summed E-state index contributed by atoms with van der Waals surface area (Å²) < 4.78 is 5.07. The van der Waals surface area contributed by atoms with Gasteiger partial charge in [0.1, 0.15) is 0 Å². The Morgan fingerprint density at radius 1 is 1.12 bits per heavy atom. The first kappa shape index (κ1) is 15.9. The molecule has 0 heterocycles. The second-order valence-electron chi connectivity index (χ2n) is 4.43. The van der Waals surface area contributed by atoms with Gasteiger partial charge in [0, 0.05) is 12.5 Å². The molecule has 0 saturated carbocycles. The maximum absolute atomic E-state index is 11.4.